The topological polar surface area (TPSA) is 69.6 Å². The van der Waals surface area contributed by atoms with E-state index < -0.39 is 11.9 Å². The average Bonchev–Trinajstić information content (AvgIpc) is 2.82. The molecule has 0 aromatic carbocycles. The van der Waals surface area contributed by atoms with Crippen LogP contribution in [0.25, 0.3) is 0 Å². The number of nitrogens with zero attached hydrogens (tertiary/aromatic N) is 1. The van der Waals surface area contributed by atoms with Crippen LogP contribution in [0.5, 0.6) is 0 Å². The number of amides is 1. The van der Waals surface area contributed by atoms with Gasteiger partial charge in [0.15, 0.2) is 0 Å². The van der Waals surface area contributed by atoms with Crippen LogP contribution in [-0.2, 0) is 9.59 Å². The number of hydrogen-bond donors (Lipinski definition) is 2. The lowest BCUT2D eigenvalue weighted by molar-refractivity contribution is -0.146. The van der Waals surface area contributed by atoms with Crippen molar-refractivity contribution in [1.82, 2.24) is 10.2 Å². The van der Waals surface area contributed by atoms with E-state index in [-0.39, 0.29) is 17.9 Å². The molecule has 4 atom stereocenters. The molecule has 0 aromatic heterocycles. The van der Waals surface area contributed by atoms with Crippen molar-refractivity contribution in [3.05, 3.63) is 0 Å². The largest absolute Gasteiger partial charge is 0.481 e. The average molecular weight is 296 g/mol. The van der Waals surface area contributed by atoms with Crippen LogP contribution in [0.4, 0.5) is 0 Å². The number of hydrogen-bond acceptors (Lipinski definition) is 3. The molecule has 1 amide bonds. The Morgan fingerprint density at radius 3 is 2.43 bits per heavy atom. The highest BCUT2D eigenvalue weighted by atomic mass is 16.4. The Bertz CT molecular complexity index is 380. The normalized spacial score (nSPS) is 31.8. The SMILES string of the molecule is CC1C[C@H](C(=O)NC(C)CN2CCCCC2)[C@H](C(=O)O)C1. The summed E-state index contributed by atoms with van der Waals surface area (Å²) in [4.78, 5) is 26.0. The van der Waals surface area contributed by atoms with Crippen molar-refractivity contribution in [2.75, 3.05) is 19.6 Å². The van der Waals surface area contributed by atoms with Crippen LogP contribution in [0.1, 0.15) is 46.0 Å². The van der Waals surface area contributed by atoms with Crippen LogP contribution >= 0.6 is 0 Å². The van der Waals surface area contributed by atoms with Gasteiger partial charge in [-0.1, -0.05) is 13.3 Å². The summed E-state index contributed by atoms with van der Waals surface area (Å²) in [6, 6.07) is 0.0842. The highest BCUT2D eigenvalue weighted by Crippen LogP contribution is 2.36. The van der Waals surface area contributed by atoms with Crippen molar-refractivity contribution in [2.45, 2.75) is 52.0 Å². The summed E-state index contributed by atoms with van der Waals surface area (Å²) < 4.78 is 0. The van der Waals surface area contributed by atoms with Crippen molar-refractivity contribution in [3.63, 3.8) is 0 Å². The Morgan fingerprint density at radius 2 is 1.81 bits per heavy atom. The van der Waals surface area contributed by atoms with Crippen LogP contribution in [0.3, 0.4) is 0 Å². The van der Waals surface area contributed by atoms with Crippen LogP contribution in [0.15, 0.2) is 0 Å². The van der Waals surface area contributed by atoms with Crippen molar-refractivity contribution in [2.24, 2.45) is 17.8 Å². The summed E-state index contributed by atoms with van der Waals surface area (Å²) >= 11 is 0. The molecule has 0 spiro atoms. The maximum absolute atomic E-state index is 12.4. The van der Waals surface area contributed by atoms with Gasteiger partial charge in [-0.25, -0.2) is 0 Å². The van der Waals surface area contributed by atoms with Gasteiger partial charge < -0.3 is 15.3 Å². The van der Waals surface area contributed by atoms with Crippen molar-refractivity contribution in [3.8, 4) is 0 Å². The summed E-state index contributed by atoms with van der Waals surface area (Å²) in [7, 11) is 0. The number of piperidine rings is 1. The summed E-state index contributed by atoms with van der Waals surface area (Å²) in [5.74, 6) is -1.46. The number of rotatable bonds is 5. The monoisotopic (exact) mass is 296 g/mol. The van der Waals surface area contributed by atoms with Gasteiger partial charge in [0.25, 0.3) is 0 Å². The van der Waals surface area contributed by atoms with Gasteiger partial charge >= 0.3 is 5.97 Å². The Balaban J connectivity index is 1.83. The zero-order valence-electron chi connectivity index (χ0n) is 13.2. The molecule has 21 heavy (non-hydrogen) atoms. The predicted octanol–water partition coefficient (Wildman–Crippen LogP) is 1.72. The van der Waals surface area contributed by atoms with Gasteiger partial charge in [-0.3, -0.25) is 9.59 Å². The van der Waals surface area contributed by atoms with E-state index >= 15 is 0 Å². The highest BCUT2D eigenvalue weighted by Gasteiger charge is 2.41. The minimum atomic E-state index is -0.830. The van der Waals surface area contributed by atoms with Crippen molar-refractivity contribution in [1.29, 1.82) is 0 Å². The number of carboxylic acid groups (broad SMARTS) is 1. The molecule has 0 aromatic rings. The molecular formula is C16H28N2O3. The first-order chi connectivity index (χ1) is 9.97. The lowest BCUT2D eigenvalue weighted by Gasteiger charge is -2.30. The van der Waals surface area contributed by atoms with E-state index in [1.807, 2.05) is 13.8 Å². The molecule has 0 radical (unpaired) electrons. The van der Waals surface area contributed by atoms with E-state index in [9.17, 15) is 14.7 Å². The second-order valence-electron chi connectivity index (χ2n) is 6.90. The van der Waals surface area contributed by atoms with Crippen molar-refractivity contribution >= 4 is 11.9 Å². The second-order valence-corrected chi connectivity index (χ2v) is 6.90. The third-order valence-corrected chi connectivity index (χ3v) is 4.82. The number of likely N-dealkylation sites (tertiary alicyclic amines) is 1. The molecule has 120 valence electrons. The molecule has 5 nitrogen and oxygen atoms in total. The molecular weight excluding hydrogens is 268 g/mol. The number of nitrogens with one attached hydrogen (secondary N) is 1. The van der Waals surface area contributed by atoms with E-state index in [1.165, 1.54) is 19.3 Å². The summed E-state index contributed by atoms with van der Waals surface area (Å²) in [6.45, 7) is 7.13. The fourth-order valence-electron chi connectivity index (χ4n) is 3.78. The highest BCUT2D eigenvalue weighted by molar-refractivity contribution is 5.85. The van der Waals surface area contributed by atoms with Gasteiger partial charge in [0.1, 0.15) is 0 Å². The first-order valence-electron chi connectivity index (χ1n) is 8.23. The smallest absolute Gasteiger partial charge is 0.307 e. The molecule has 1 heterocycles. The Kier molecular flexibility index (Phi) is 5.62. The van der Waals surface area contributed by atoms with Gasteiger partial charge in [-0.2, -0.15) is 0 Å². The van der Waals surface area contributed by atoms with Gasteiger partial charge in [0.05, 0.1) is 11.8 Å². The predicted molar refractivity (Wildman–Crippen MR) is 80.9 cm³/mol. The minimum Gasteiger partial charge on any atom is -0.481 e. The third-order valence-electron chi connectivity index (χ3n) is 4.82. The molecule has 0 bridgehead atoms. The second kappa shape index (κ2) is 7.25. The van der Waals surface area contributed by atoms with E-state index in [1.54, 1.807) is 0 Å². The number of aliphatic carboxylic acids is 1. The number of carboxylic acids is 1. The molecule has 2 aliphatic rings. The molecule has 2 unspecified atom stereocenters. The van der Waals surface area contributed by atoms with Crippen LogP contribution in [0.2, 0.25) is 0 Å². The minimum absolute atomic E-state index is 0.0729. The van der Waals surface area contributed by atoms with E-state index in [0.29, 0.717) is 18.8 Å². The van der Waals surface area contributed by atoms with Gasteiger partial charge in [-0.05, 0) is 51.6 Å². The molecule has 2 rings (SSSR count). The maximum Gasteiger partial charge on any atom is 0.307 e. The molecule has 1 saturated carbocycles. The molecule has 1 saturated heterocycles. The van der Waals surface area contributed by atoms with Gasteiger partial charge in [0, 0.05) is 12.6 Å². The summed E-state index contributed by atoms with van der Waals surface area (Å²) in [5.41, 5.74) is 0. The Labute approximate surface area is 127 Å². The number of carbonyl (C=O) groups is 2. The third kappa shape index (κ3) is 4.43. The lowest BCUT2D eigenvalue weighted by Crippen LogP contribution is -2.46. The van der Waals surface area contributed by atoms with Gasteiger partial charge in [0.2, 0.25) is 5.91 Å². The fourth-order valence-corrected chi connectivity index (χ4v) is 3.78. The zero-order chi connectivity index (χ0) is 15.4. The van der Waals surface area contributed by atoms with Crippen LogP contribution in [-0.4, -0.2) is 47.6 Å². The summed E-state index contributed by atoms with van der Waals surface area (Å²) in [6.07, 6.45) is 5.09. The molecule has 5 heteroatoms. The first kappa shape index (κ1) is 16.3. The molecule has 1 aliphatic heterocycles. The van der Waals surface area contributed by atoms with E-state index in [4.69, 9.17) is 0 Å². The summed E-state index contributed by atoms with van der Waals surface area (Å²) in [5, 5.41) is 12.3. The Hall–Kier alpha value is -1.10. The van der Waals surface area contributed by atoms with Crippen molar-refractivity contribution < 1.29 is 14.7 Å². The quantitative estimate of drug-likeness (QED) is 0.810. The maximum atomic E-state index is 12.4. The first-order valence-corrected chi connectivity index (χ1v) is 8.23. The molecule has 2 N–H and O–H groups in total. The zero-order valence-corrected chi connectivity index (χ0v) is 13.2. The molecule has 1 aliphatic carbocycles. The van der Waals surface area contributed by atoms with E-state index in [0.717, 1.165) is 19.6 Å². The molecule has 2 fully saturated rings. The standard InChI is InChI=1S/C16H28N2O3/c1-11-8-13(14(9-11)16(20)21)15(19)17-12(2)10-18-6-4-3-5-7-18/h11-14H,3-10H2,1-2H3,(H,17,19)(H,20,21)/t11?,12?,13-,14+/m0/s1. The van der Waals surface area contributed by atoms with Crippen LogP contribution < -0.4 is 5.32 Å². The van der Waals surface area contributed by atoms with E-state index in [2.05, 4.69) is 10.2 Å². The van der Waals surface area contributed by atoms with Crippen LogP contribution in [0, 0.1) is 17.8 Å². The number of carbonyl (C=O) groups excluding carboxylic acids is 1. The lowest BCUT2D eigenvalue weighted by atomic mass is 9.95. The fraction of sp³-hybridized carbons (Fsp3) is 0.875. The Morgan fingerprint density at radius 1 is 1.19 bits per heavy atom. The van der Waals surface area contributed by atoms with Gasteiger partial charge in [-0.15, -0.1) is 0 Å².